The Balaban J connectivity index is 2.21. The zero-order chi connectivity index (χ0) is 13.7. The Kier molecular flexibility index (Phi) is 5.39. The molecule has 0 bridgehead atoms. The van der Waals surface area contributed by atoms with Gasteiger partial charge >= 0.3 is 0 Å². The minimum Gasteiger partial charge on any atom is -0.491 e. The monoisotopic (exact) mass is 341 g/mol. The van der Waals surface area contributed by atoms with Crippen molar-refractivity contribution in [1.82, 2.24) is 0 Å². The lowest BCUT2D eigenvalue weighted by Crippen LogP contribution is -2.14. The van der Waals surface area contributed by atoms with Crippen molar-refractivity contribution < 1.29 is 9.47 Å². The average molecular weight is 342 g/mol. The number of hydrogen-bond donors (Lipinski definition) is 1. The van der Waals surface area contributed by atoms with Crippen LogP contribution in [0.4, 0.5) is 0 Å². The summed E-state index contributed by atoms with van der Waals surface area (Å²) in [6.07, 6.45) is 0. The minimum atomic E-state index is -0.187. The topological polar surface area (TPSA) is 44.5 Å². The van der Waals surface area contributed by atoms with E-state index in [0.29, 0.717) is 13.2 Å². The summed E-state index contributed by atoms with van der Waals surface area (Å²) in [6, 6.07) is 9.68. The minimum absolute atomic E-state index is 0.187. The molecule has 0 aliphatic carbocycles. The van der Waals surface area contributed by atoms with Crippen LogP contribution in [0.1, 0.15) is 16.5 Å². The molecule has 0 spiro atoms. The van der Waals surface area contributed by atoms with Gasteiger partial charge in [0.15, 0.2) is 0 Å². The molecule has 19 heavy (non-hydrogen) atoms. The zero-order valence-electron chi connectivity index (χ0n) is 10.6. The molecule has 1 aromatic heterocycles. The van der Waals surface area contributed by atoms with E-state index in [1.165, 1.54) is 0 Å². The molecule has 2 N–H and O–H groups in total. The molecule has 0 saturated heterocycles. The van der Waals surface area contributed by atoms with E-state index in [0.717, 1.165) is 20.7 Å². The highest BCUT2D eigenvalue weighted by molar-refractivity contribution is 9.10. The summed E-state index contributed by atoms with van der Waals surface area (Å²) in [5, 5.41) is 2.02. The summed E-state index contributed by atoms with van der Waals surface area (Å²) in [6.45, 7) is 1.08. The van der Waals surface area contributed by atoms with Crippen LogP contribution in [0.5, 0.6) is 5.75 Å². The van der Waals surface area contributed by atoms with Gasteiger partial charge in [0.25, 0.3) is 0 Å². The summed E-state index contributed by atoms with van der Waals surface area (Å²) in [4.78, 5) is 1.10. The number of hydrogen-bond acceptors (Lipinski definition) is 4. The fraction of sp³-hybridized carbons (Fsp3) is 0.286. The van der Waals surface area contributed by atoms with E-state index in [-0.39, 0.29) is 6.04 Å². The Bertz CT molecular complexity index is 530. The molecular formula is C14H16BrNO2S. The molecule has 0 amide bonds. The van der Waals surface area contributed by atoms with E-state index in [9.17, 15) is 0 Å². The number of rotatable bonds is 6. The number of thiophene rings is 1. The summed E-state index contributed by atoms with van der Waals surface area (Å²) in [5.41, 5.74) is 7.32. The van der Waals surface area contributed by atoms with Crippen molar-refractivity contribution in [1.29, 1.82) is 0 Å². The van der Waals surface area contributed by atoms with Gasteiger partial charge in [-0.3, -0.25) is 0 Å². The largest absolute Gasteiger partial charge is 0.491 e. The molecule has 0 radical (unpaired) electrons. The van der Waals surface area contributed by atoms with Crippen molar-refractivity contribution in [2.45, 2.75) is 6.04 Å². The van der Waals surface area contributed by atoms with Gasteiger partial charge in [-0.15, -0.1) is 11.3 Å². The van der Waals surface area contributed by atoms with Crippen LogP contribution in [-0.4, -0.2) is 20.3 Å². The van der Waals surface area contributed by atoms with Crippen LogP contribution in [0.15, 0.2) is 40.2 Å². The lowest BCUT2D eigenvalue weighted by molar-refractivity contribution is 0.145. The van der Waals surface area contributed by atoms with Crippen molar-refractivity contribution in [3.05, 3.63) is 50.6 Å². The second-order valence-electron chi connectivity index (χ2n) is 3.99. The van der Waals surface area contributed by atoms with Gasteiger partial charge in [-0.2, -0.15) is 0 Å². The van der Waals surface area contributed by atoms with Gasteiger partial charge in [-0.1, -0.05) is 18.2 Å². The van der Waals surface area contributed by atoms with E-state index < -0.39 is 0 Å². The van der Waals surface area contributed by atoms with E-state index in [2.05, 4.69) is 15.9 Å². The van der Waals surface area contributed by atoms with Gasteiger partial charge in [-0.05, 0) is 33.4 Å². The van der Waals surface area contributed by atoms with Gasteiger partial charge in [-0.25, -0.2) is 0 Å². The number of methoxy groups -OCH3 is 1. The van der Waals surface area contributed by atoms with Crippen LogP contribution in [0.2, 0.25) is 0 Å². The van der Waals surface area contributed by atoms with Gasteiger partial charge in [0.2, 0.25) is 0 Å². The maximum absolute atomic E-state index is 6.34. The lowest BCUT2D eigenvalue weighted by atomic mass is 10.1. The quantitative estimate of drug-likeness (QED) is 0.816. The van der Waals surface area contributed by atoms with Gasteiger partial charge in [0.05, 0.1) is 12.6 Å². The Morgan fingerprint density at radius 1 is 1.26 bits per heavy atom. The first-order valence-corrected chi connectivity index (χ1v) is 7.60. The molecule has 1 atom stereocenters. The molecule has 102 valence electrons. The number of halogens is 1. The first-order chi connectivity index (χ1) is 9.24. The second kappa shape index (κ2) is 7.05. The van der Waals surface area contributed by atoms with Crippen molar-refractivity contribution in [3.63, 3.8) is 0 Å². The summed E-state index contributed by atoms with van der Waals surface area (Å²) < 4.78 is 11.8. The fourth-order valence-electron chi connectivity index (χ4n) is 1.77. The maximum Gasteiger partial charge on any atom is 0.124 e. The third kappa shape index (κ3) is 3.57. The van der Waals surface area contributed by atoms with Crippen molar-refractivity contribution >= 4 is 27.3 Å². The summed E-state index contributed by atoms with van der Waals surface area (Å²) in [5.74, 6) is 0.812. The molecule has 1 aromatic carbocycles. The molecule has 0 aliphatic heterocycles. The van der Waals surface area contributed by atoms with Crippen LogP contribution in [-0.2, 0) is 4.74 Å². The Morgan fingerprint density at radius 3 is 2.74 bits per heavy atom. The van der Waals surface area contributed by atoms with Crippen LogP contribution in [0.25, 0.3) is 0 Å². The number of para-hydroxylation sites is 1. The average Bonchev–Trinajstić information content (AvgIpc) is 2.85. The van der Waals surface area contributed by atoms with Crippen LogP contribution >= 0.6 is 27.3 Å². The standard InChI is InChI=1S/C14H16BrNO2S/c1-17-7-8-18-12-5-3-2-4-10(12)13(16)14-11(15)6-9-19-14/h2-6,9,13H,7-8,16H2,1H3. The van der Waals surface area contributed by atoms with Crippen molar-refractivity contribution in [2.24, 2.45) is 5.73 Å². The van der Waals surface area contributed by atoms with Crippen LogP contribution in [0, 0.1) is 0 Å². The first kappa shape index (κ1) is 14.5. The number of benzene rings is 1. The van der Waals surface area contributed by atoms with Crippen molar-refractivity contribution in [2.75, 3.05) is 20.3 Å². The van der Waals surface area contributed by atoms with Crippen molar-refractivity contribution in [3.8, 4) is 5.75 Å². The summed E-state index contributed by atoms with van der Waals surface area (Å²) >= 11 is 5.16. The van der Waals surface area contributed by atoms with Gasteiger partial charge < -0.3 is 15.2 Å². The molecule has 1 heterocycles. The molecule has 2 aromatic rings. The third-order valence-corrected chi connectivity index (χ3v) is 4.68. The SMILES string of the molecule is COCCOc1ccccc1C(N)c1sccc1Br. The van der Waals surface area contributed by atoms with E-state index in [1.807, 2.05) is 35.7 Å². The highest BCUT2D eigenvalue weighted by Crippen LogP contribution is 2.35. The highest BCUT2D eigenvalue weighted by atomic mass is 79.9. The predicted molar refractivity (Wildman–Crippen MR) is 81.9 cm³/mol. The molecule has 2 rings (SSSR count). The molecule has 0 aliphatic rings. The first-order valence-electron chi connectivity index (χ1n) is 5.93. The van der Waals surface area contributed by atoms with Gasteiger partial charge in [0, 0.05) is 22.0 Å². The van der Waals surface area contributed by atoms with Gasteiger partial charge in [0.1, 0.15) is 12.4 Å². The number of nitrogens with two attached hydrogens (primary N) is 1. The molecule has 1 unspecified atom stereocenters. The lowest BCUT2D eigenvalue weighted by Gasteiger charge is -2.16. The predicted octanol–water partition coefficient (Wildman–Crippen LogP) is 3.58. The normalized spacial score (nSPS) is 12.4. The van der Waals surface area contributed by atoms with Crippen LogP contribution < -0.4 is 10.5 Å². The third-order valence-electron chi connectivity index (χ3n) is 2.73. The van der Waals surface area contributed by atoms with E-state index in [4.69, 9.17) is 15.2 Å². The molecule has 5 heteroatoms. The summed E-state index contributed by atoms with van der Waals surface area (Å²) in [7, 11) is 1.66. The van der Waals surface area contributed by atoms with E-state index >= 15 is 0 Å². The number of ether oxygens (including phenoxy) is 2. The fourth-order valence-corrected chi connectivity index (χ4v) is 3.41. The van der Waals surface area contributed by atoms with Crippen LogP contribution in [0.3, 0.4) is 0 Å². The molecular weight excluding hydrogens is 326 g/mol. The highest BCUT2D eigenvalue weighted by Gasteiger charge is 2.17. The Hall–Kier alpha value is -0.880. The maximum atomic E-state index is 6.34. The zero-order valence-corrected chi connectivity index (χ0v) is 13.0. The molecule has 3 nitrogen and oxygen atoms in total. The Labute approximate surface area is 125 Å². The molecule has 0 saturated carbocycles. The smallest absolute Gasteiger partial charge is 0.124 e. The second-order valence-corrected chi connectivity index (χ2v) is 5.79. The van der Waals surface area contributed by atoms with E-state index in [1.54, 1.807) is 18.4 Å². The molecule has 0 fully saturated rings. The Morgan fingerprint density at radius 2 is 2.05 bits per heavy atom.